The zero-order valence-corrected chi connectivity index (χ0v) is 13.6. The highest BCUT2D eigenvalue weighted by molar-refractivity contribution is 7.99. The fraction of sp³-hybridized carbons (Fsp3) is 0.167. The molecule has 4 N–H and O–H groups in total. The number of H-pyrrole nitrogens is 4. The summed E-state index contributed by atoms with van der Waals surface area (Å²) in [5.74, 6) is 0. The molecule has 12 nitrogen and oxygen atoms in total. The van der Waals surface area contributed by atoms with Gasteiger partial charge in [0.25, 0.3) is 11.1 Å². The first-order valence-corrected chi connectivity index (χ1v) is 7.72. The van der Waals surface area contributed by atoms with E-state index in [1.54, 1.807) is 0 Å². The predicted octanol–water partition coefficient (Wildman–Crippen LogP) is -1.64. The molecule has 0 aliphatic heterocycles. The standard InChI is InChI=1S/C12H10N8O4S/c1-19-5-3(7(21)17-11(19)23)13-9(15-5)25-10-14-4-6(16-10)20(2)12(24)18-8(4)22/h1-2H3,(H,13,15)(H,14,16)(H,17,21,23)(H,18,22,24). The average molecular weight is 362 g/mol. The summed E-state index contributed by atoms with van der Waals surface area (Å²) in [4.78, 5) is 65.2. The molecule has 0 spiro atoms. The van der Waals surface area contributed by atoms with Crippen LogP contribution in [0.3, 0.4) is 0 Å². The Balaban J connectivity index is 1.86. The van der Waals surface area contributed by atoms with Crippen molar-refractivity contribution in [1.29, 1.82) is 0 Å². The van der Waals surface area contributed by atoms with E-state index in [0.29, 0.717) is 10.3 Å². The van der Waals surface area contributed by atoms with Crippen molar-refractivity contribution in [2.45, 2.75) is 10.3 Å². The zero-order chi connectivity index (χ0) is 17.9. The molecule has 0 saturated heterocycles. The molecule has 0 aromatic carbocycles. The van der Waals surface area contributed by atoms with E-state index in [-0.39, 0.29) is 22.3 Å². The van der Waals surface area contributed by atoms with E-state index < -0.39 is 22.5 Å². The van der Waals surface area contributed by atoms with Gasteiger partial charge in [0.15, 0.2) is 32.6 Å². The molecule has 4 aromatic rings. The van der Waals surface area contributed by atoms with Gasteiger partial charge in [0, 0.05) is 14.1 Å². The van der Waals surface area contributed by atoms with Crippen LogP contribution in [0.1, 0.15) is 0 Å². The van der Waals surface area contributed by atoms with Gasteiger partial charge in [-0.25, -0.2) is 19.6 Å². The second kappa shape index (κ2) is 5.07. The van der Waals surface area contributed by atoms with Crippen LogP contribution in [0.5, 0.6) is 0 Å². The molecule has 13 heteroatoms. The third-order valence-corrected chi connectivity index (χ3v) is 4.43. The lowest BCUT2D eigenvalue weighted by Crippen LogP contribution is -2.28. The Hall–Kier alpha value is -3.35. The second-order valence-electron chi connectivity index (χ2n) is 5.22. The first-order valence-electron chi connectivity index (χ1n) is 6.91. The Kier molecular flexibility index (Phi) is 3.08. The maximum Gasteiger partial charge on any atom is 0.329 e. The van der Waals surface area contributed by atoms with Crippen molar-refractivity contribution in [3.63, 3.8) is 0 Å². The highest BCUT2D eigenvalue weighted by Gasteiger charge is 2.15. The molecule has 0 amide bonds. The first-order chi connectivity index (χ1) is 11.8. The minimum absolute atomic E-state index is 0.144. The van der Waals surface area contributed by atoms with Crippen molar-refractivity contribution in [3.8, 4) is 0 Å². The lowest BCUT2D eigenvalue weighted by Gasteiger charge is -1.94. The molecule has 4 heterocycles. The number of fused-ring (bicyclic) bond motifs is 2. The van der Waals surface area contributed by atoms with Gasteiger partial charge in [-0.15, -0.1) is 0 Å². The largest absolute Gasteiger partial charge is 0.329 e. The summed E-state index contributed by atoms with van der Waals surface area (Å²) < 4.78 is 2.40. The van der Waals surface area contributed by atoms with Crippen LogP contribution in [0, 0.1) is 0 Å². The smallest absolute Gasteiger partial charge is 0.327 e. The molecular formula is C12H10N8O4S. The number of hydrogen-bond donors (Lipinski definition) is 4. The van der Waals surface area contributed by atoms with Crippen molar-refractivity contribution in [1.82, 2.24) is 39.0 Å². The lowest BCUT2D eigenvalue weighted by atomic mass is 10.5. The van der Waals surface area contributed by atoms with Crippen molar-refractivity contribution >= 4 is 34.1 Å². The van der Waals surface area contributed by atoms with Gasteiger partial charge in [0.2, 0.25) is 0 Å². The summed E-state index contributed by atoms with van der Waals surface area (Å²) in [6, 6.07) is 0. The van der Waals surface area contributed by atoms with Gasteiger partial charge in [0.1, 0.15) is 0 Å². The average Bonchev–Trinajstić information content (AvgIpc) is 3.16. The van der Waals surface area contributed by atoms with Crippen LogP contribution in [0.4, 0.5) is 0 Å². The molecule has 0 unspecified atom stereocenters. The molecule has 0 aliphatic rings. The Morgan fingerprint density at radius 3 is 1.52 bits per heavy atom. The normalized spacial score (nSPS) is 11.6. The zero-order valence-electron chi connectivity index (χ0n) is 12.8. The van der Waals surface area contributed by atoms with E-state index in [1.807, 2.05) is 0 Å². The molecule has 4 aromatic heterocycles. The maximum absolute atomic E-state index is 11.8. The Bertz CT molecular complexity index is 1270. The van der Waals surface area contributed by atoms with Crippen molar-refractivity contribution in [3.05, 3.63) is 41.7 Å². The molecule has 0 fully saturated rings. The monoisotopic (exact) mass is 362 g/mol. The summed E-state index contributed by atoms with van der Waals surface area (Å²) in [6.45, 7) is 0. The van der Waals surface area contributed by atoms with Gasteiger partial charge in [-0.1, -0.05) is 0 Å². The molecule has 0 radical (unpaired) electrons. The van der Waals surface area contributed by atoms with Crippen molar-refractivity contribution < 1.29 is 0 Å². The van der Waals surface area contributed by atoms with Crippen LogP contribution in [0.15, 0.2) is 29.5 Å². The number of nitrogens with zero attached hydrogens (tertiary/aromatic N) is 4. The van der Waals surface area contributed by atoms with E-state index >= 15 is 0 Å². The minimum atomic E-state index is -0.583. The summed E-state index contributed by atoms with van der Waals surface area (Å²) in [5, 5.41) is 0.587. The summed E-state index contributed by atoms with van der Waals surface area (Å²) in [7, 11) is 2.96. The summed E-state index contributed by atoms with van der Waals surface area (Å²) >= 11 is 1.02. The Morgan fingerprint density at radius 1 is 0.720 bits per heavy atom. The number of imidazole rings is 2. The highest BCUT2D eigenvalue weighted by Crippen LogP contribution is 2.24. The van der Waals surface area contributed by atoms with E-state index in [9.17, 15) is 19.2 Å². The number of nitrogens with one attached hydrogen (secondary N) is 4. The number of rotatable bonds is 2. The fourth-order valence-electron chi connectivity index (χ4n) is 2.36. The van der Waals surface area contributed by atoms with E-state index in [4.69, 9.17) is 0 Å². The highest BCUT2D eigenvalue weighted by atomic mass is 32.2. The molecule has 128 valence electrons. The number of aryl methyl sites for hydroxylation is 2. The molecule has 0 aliphatic carbocycles. The number of aromatic amines is 4. The van der Waals surface area contributed by atoms with Gasteiger partial charge in [-0.2, -0.15) is 0 Å². The molecule has 0 saturated carbocycles. The van der Waals surface area contributed by atoms with Crippen LogP contribution >= 0.6 is 11.8 Å². The van der Waals surface area contributed by atoms with Crippen LogP contribution < -0.4 is 22.5 Å². The quantitative estimate of drug-likeness (QED) is 0.332. The SMILES string of the molecule is Cn1c(=O)[nH]c(=O)c2[nH]c(Sc3nc4c([nH]3)c(=O)[nH]c(=O)n4C)nc21. The molecule has 0 bridgehead atoms. The van der Waals surface area contributed by atoms with Crippen LogP contribution in [0.2, 0.25) is 0 Å². The van der Waals surface area contributed by atoms with Gasteiger partial charge in [-0.05, 0) is 11.8 Å². The van der Waals surface area contributed by atoms with Gasteiger partial charge >= 0.3 is 11.4 Å². The summed E-state index contributed by atoms with van der Waals surface area (Å²) in [5.41, 5.74) is -1.65. The van der Waals surface area contributed by atoms with E-state index in [0.717, 1.165) is 11.8 Å². The van der Waals surface area contributed by atoms with Gasteiger partial charge in [0.05, 0.1) is 0 Å². The minimum Gasteiger partial charge on any atom is -0.327 e. The van der Waals surface area contributed by atoms with E-state index in [1.165, 1.54) is 23.2 Å². The summed E-state index contributed by atoms with van der Waals surface area (Å²) in [6.07, 6.45) is 0. The second-order valence-corrected chi connectivity index (χ2v) is 6.20. The number of aromatic nitrogens is 8. The predicted molar refractivity (Wildman–Crippen MR) is 88.0 cm³/mol. The van der Waals surface area contributed by atoms with Gasteiger partial charge < -0.3 is 9.97 Å². The first kappa shape index (κ1) is 15.2. The van der Waals surface area contributed by atoms with Crippen LogP contribution in [0.25, 0.3) is 22.3 Å². The van der Waals surface area contributed by atoms with Crippen LogP contribution in [-0.4, -0.2) is 39.0 Å². The van der Waals surface area contributed by atoms with E-state index in [2.05, 4.69) is 29.9 Å². The molecule has 4 rings (SSSR count). The lowest BCUT2D eigenvalue weighted by molar-refractivity contribution is 0.828. The Labute approximate surface area is 140 Å². The van der Waals surface area contributed by atoms with Crippen molar-refractivity contribution in [2.75, 3.05) is 0 Å². The topological polar surface area (TPSA) is 167 Å². The van der Waals surface area contributed by atoms with Gasteiger partial charge in [-0.3, -0.25) is 28.7 Å². The third kappa shape index (κ3) is 2.24. The Morgan fingerprint density at radius 2 is 1.12 bits per heavy atom. The fourth-order valence-corrected chi connectivity index (χ4v) is 3.11. The molecule has 0 atom stereocenters. The van der Waals surface area contributed by atoms with Crippen molar-refractivity contribution in [2.24, 2.45) is 14.1 Å². The third-order valence-electron chi connectivity index (χ3n) is 3.66. The van der Waals surface area contributed by atoms with Crippen LogP contribution in [-0.2, 0) is 14.1 Å². The molecular weight excluding hydrogens is 352 g/mol. The molecule has 25 heavy (non-hydrogen) atoms. The number of hydrogen-bond acceptors (Lipinski definition) is 7. The maximum atomic E-state index is 11.8.